The molecular formula is C7H12N2O6P2. The highest BCUT2D eigenvalue weighted by atomic mass is 31.2. The van der Waals surface area contributed by atoms with Crippen molar-refractivity contribution in [1.29, 1.82) is 0 Å². The van der Waals surface area contributed by atoms with Crippen LogP contribution in [0.3, 0.4) is 0 Å². The van der Waals surface area contributed by atoms with Gasteiger partial charge < -0.3 is 19.6 Å². The van der Waals surface area contributed by atoms with E-state index in [1.165, 1.54) is 12.4 Å². The van der Waals surface area contributed by atoms with E-state index in [0.29, 0.717) is 5.56 Å². The van der Waals surface area contributed by atoms with Crippen molar-refractivity contribution in [2.24, 2.45) is 0 Å². The van der Waals surface area contributed by atoms with Gasteiger partial charge in [0.25, 0.3) is 0 Å². The number of rotatable bonds is 5. The van der Waals surface area contributed by atoms with Crippen LogP contribution in [0.25, 0.3) is 0 Å². The first-order valence-electron chi connectivity index (χ1n) is 4.44. The highest BCUT2D eigenvalue weighted by Crippen LogP contribution is 2.58. The monoisotopic (exact) mass is 282 g/mol. The lowest BCUT2D eigenvalue weighted by Gasteiger charge is -2.20. The molecule has 5 N–H and O–H groups in total. The maximum absolute atomic E-state index is 10.9. The molecule has 1 heterocycles. The van der Waals surface area contributed by atoms with Gasteiger partial charge in [-0.2, -0.15) is 0 Å². The van der Waals surface area contributed by atoms with E-state index in [1.807, 2.05) is 0 Å². The average molecular weight is 282 g/mol. The molecule has 17 heavy (non-hydrogen) atoms. The van der Waals surface area contributed by atoms with Gasteiger partial charge in [0.1, 0.15) is 0 Å². The largest absolute Gasteiger partial charge is 0.354 e. The molecule has 1 rings (SSSR count). The summed E-state index contributed by atoms with van der Waals surface area (Å²) in [5.41, 5.74) is -1.64. The molecule has 0 aliphatic heterocycles. The highest BCUT2D eigenvalue weighted by molar-refractivity contribution is 7.70. The summed E-state index contributed by atoms with van der Waals surface area (Å²) in [6.07, 6.45) is 2.93. The van der Waals surface area contributed by atoms with Gasteiger partial charge in [-0.3, -0.25) is 19.4 Å². The maximum atomic E-state index is 10.9. The SMILES string of the molecule is O=P(O)(O)C(NCc1cccnc1)P(=O)(O)O. The van der Waals surface area contributed by atoms with Gasteiger partial charge in [0.15, 0.2) is 0 Å². The predicted molar refractivity (Wildman–Crippen MR) is 59.0 cm³/mol. The van der Waals surface area contributed by atoms with Crippen LogP contribution >= 0.6 is 15.2 Å². The summed E-state index contributed by atoms with van der Waals surface area (Å²) in [5, 5.41) is 2.15. The highest BCUT2D eigenvalue weighted by Gasteiger charge is 2.42. The van der Waals surface area contributed by atoms with Gasteiger partial charge in [0.05, 0.1) is 0 Å². The summed E-state index contributed by atoms with van der Waals surface area (Å²) < 4.78 is 21.8. The van der Waals surface area contributed by atoms with Gasteiger partial charge in [0.2, 0.25) is 5.52 Å². The van der Waals surface area contributed by atoms with Crippen molar-refractivity contribution in [1.82, 2.24) is 10.3 Å². The molecule has 0 bridgehead atoms. The summed E-state index contributed by atoms with van der Waals surface area (Å²) >= 11 is 0. The molecule has 1 aromatic heterocycles. The Morgan fingerprint density at radius 2 is 1.82 bits per heavy atom. The van der Waals surface area contributed by atoms with Gasteiger partial charge in [-0.25, -0.2) is 0 Å². The third-order valence-electron chi connectivity index (χ3n) is 1.85. The normalized spacial score (nSPS) is 13.0. The molecule has 0 aromatic carbocycles. The molecule has 0 aliphatic rings. The molecule has 0 saturated heterocycles. The summed E-state index contributed by atoms with van der Waals surface area (Å²) in [4.78, 5) is 39.1. The fraction of sp³-hybridized carbons (Fsp3) is 0.286. The number of hydrogen-bond acceptors (Lipinski definition) is 4. The van der Waals surface area contributed by atoms with E-state index in [4.69, 9.17) is 19.6 Å². The van der Waals surface area contributed by atoms with Gasteiger partial charge in [-0.1, -0.05) is 6.07 Å². The first kappa shape index (κ1) is 14.5. The van der Waals surface area contributed by atoms with Crippen LogP contribution in [0.1, 0.15) is 5.56 Å². The average Bonchev–Trinajstić information content (AvgIpc) is 2.15. The molecule has 0 amide bonds. The molecule has 96 valence electrons. The lowest BCUT2D eigenvalue weighted by atomic mass is 10.3. The third-order valence-corrected chi connectivity index (χ3v) is 5.29. The fourth-order valence-electron chi connectivity index (χ4n) is 1.15. The van der Waals surface area contributed by atoms with Crippen LogP contribution in [0.2, 0.25) is 0 Å². The fourth-order valence-corrected chi connectivity index (χ4v) is 3.37. The molecule has 0 unspecified atom stereocenters. The Kier molecular flexibility index (Phi) is 4.57. The molecule has 0 radical (unpaired) electrons. The molecule has 0 aliphatic carbocycles. The van der Waals surface area contributed by atoms with Crippen LogP contribution in [-0.4, -0.2) is 30.1 Å². The summed E-state index contributed by atoms with van der Waals surface area (Å²) in [7, 11) is -9.86. The Morgan fingerprint density at radius 3 is 2.24 bits per heavy atom. The van der Waals surface area contributed by atoms with E-state index in [2.05, 4.69) is 10.3 Å². The van der Waals surface area contributed by atoms with Crippen LogP contribution in [0, 0.1) is 0 Å². The molecule has 0 spiro atoms. The maximum Gasteiger partial charge on any atom is 0.354 e. The van der Waals surface area contributed by atoms with Crippen LogP contribution < -0.4 is 5.32 Å². The van der Waals surface area contributed by atoms with Crippen LogP contribution in [0.15, 0.2) is 24.5 Å². The lowest BCUT2D eigenvalue weighted by Crippen LogP contribution is -2.28. The van der Waals surface area contributed by atoms with Crippen LogP contribution in [0.5, 0.6) is 0 Å². The second kappa shape index (κ2) is 5.37. The summed E-state index contributed by atoms with van der Waals surface area (Å²) in [5.74, 6) is 0. The van der Waals surface area contributed by atoms with Crippen molar-refractivity contribution < 1.29 is 28.7 Å². The van der Waals surface area contributed by atoms with Crippen molar-refractivity contribution in [3.8, 4) is 0 Å². The van der Waals surface area contributed by atoms with E-state index in [9.17, 15) is 9.13 Å². The quantitative estimate of drug-likeness (QED) is 0.468. The number of hydrogen-bond donors (Lipinski definition) is 5. The zero-order valence-corrected chi connectivity index (χ0v) is 10.3. The van der Waals surface area contributed by atoms with Crippen LogP contribution in [0.4, 0.5) is 0 Å². The van der Waals surface area contributed by atoms with E-state index >= 15 is 0 Å². The van der Waals surface area contributed by atoms with Crippen molar-refractivity contribution in [2.75, 3.05) is 0 Å². The van der Waals surface area contributed by atoms with Crippen molar-refractivity contribution in [2.45, 2.75) is 12.1 Å². The molecular weight excluding hydrogens is 270 g/mol. The first-order valence-corrected chi connectivity index (χ1v) is 7.80. The van der Waals surface area contributed by atoms with Crippen LogP contribution in [-0.2, 0) is 15.7 Å². The minimum Gasteiger partial charge on any atom is -0.323 e. The Labute approximate surface area is 97.0 Å². The van der Waals surface area contributed by atoms with Crippen molar-refractivity contribution in [3.63, 3.8) is 0 Å². The Bertz CT molecular complexity index is 433. The van der Waals surface area contributed by atoms with E-state index in [-0.39, 0.29) is 6.54 Å². The van der Waals surface area contributed by atoms with Crippen molar-refractivity contribution in [3.05, 3.63) is 30.1 Å². The second-order valence-electron chi connectivity index (χ2n) is 3.29. The number of aromatic nitrogens is 1. The molecule has 8 nitrogen and oxygen atoms in total. The Hall–Kier alpha value is -0.590. The molecule has 0 saturated carbocycles. The molecule has 0 fully saturated rings. The first-order chi connectivity index (χ1) is 7.71. The number of nitrogens with one attached hydrogen (secondary N) is 1. The minimum absolute atomic E-state index is 0.102. The summed E-state index contributed by atoms with van der Waals surface area (Å²) in [6, 6.07) is 3.21. The minimum atomic E-state index is -4.93. The smallest absolute Gasteiger partial charge is 0.323 e. The van der Waals surface area contributed by atoms with Gasteiger partial charge in [-0.15, -0.1) is 0 Å². The number of nitrogens with zero attached hydrogens (tertiary/aromatic N) is 1. The van der Waals surface area contributed by atoms with Gasteiger partial charge in [0, 0.05) is 18.9 Å². The van der Waals surface area contributed by atoms with E-state index < -0.39 is 20.7 Å². The second-order valence-corrected chi connectivity index (χ2v) is 7.09. The van der Waals surface area contributed by atoms with E-state index in [0.717, 1.165) is 0 Å². The van der Waals surface area contributed by atoms with Crippen molar-refractivity contribution >= 4 is 15.2 Å². The van der Waals surface area contributed by atoms with Gasteiger partial charge >= 0.3 is 15.2 Å². The topological polar surface area (TPSA) is 140 Å². The lowest BCUT2D eigenvalue weighted by molar-refractivity contribution is 0.327. The van der Waals surface area contributed by atoms with Gasteiger partial charge in [-0.05, 0) is 11.6 Å². The standard InChI is InChI=1S/C7H12N2O6P2/c10-16(11,12)7(17(13,14)15)9-5-6-2-1-3-8-4-6/h1-4,7,9H,5H2,(H2,10,11,12)(H2,13,14,15). The zero-order chi connectivity index (χ0) is 13.1. The Morgan fingerprint density at radius 1 is 1.24 bits per heavy atom. The van der Waals surface area contributed by atoms with E-state index in [1.54, 1.807) is 12.1 Å². The Balaban J connectivity index is 2.77. The zero-order valence-electron chi connectivity index (χ0n) is 8.54. The number of pyridine rings is 1. The third kappa shape index (κ3) is 4.65. The molecule has 0 atom stereocenters. The predicted octanol–water partition coefficient (Wildman–Crippen LogP) is -0.190. The molecule has 10 heteroatoms. The molecule has 1 aromatic rings. The summed E-state index contributed by atoms with van der Waals surface area (Å²) in [6.45, 7) is -0.102.